The summed E-state index contributed by atoms with van der Waals surface area (Å²) in [7, 11) is 0. The molecular weight excluding hydrogens is 401 g/mol. The first kappa shape index (κ1) is 17.5. The molecule has 0 bridgehead atoms. The van der Waals surface area contributed by atoms with Crippen molar-refractivity contribution < 1.29 is 8.91 Å². The molecule has 9 heteroatoms. The lowest BCUT2D eigenvalue weighted by Gasteiger charge is -2.32. The fraction of sp³-hybridized carbons (Fsp3) is 0.211. The van der Waals surface area contributed by atoms with Crippen LogP contribution < -0.4 is 0 Å². The molecule has 1 aromatic carbocycles. The van der Waals surface area contributed by atoms with Crippen molar-refractivity contribution in [3.8, 4) is 11.4 Å². The Morgan fingerprint density at radius 3 is 3.11 bits per heavy atom. The number of aromatic amines is 1. The van der Waals surface area contributed by atoms with Crippen molar-refractivity contribution in [3.05, 3.63) is 75.0 Å². The van der Waals surface area contributed by atoms with Gasteiger partial charge < -0.3 is 9.51 Å². The van der Waals surface area contributed by atoms with Crippen molar-refractivity contribution in [3.63, 3.8) is 0 Å². The molecule has 142 valence electrons. The number of thiophene rings is 1. The molecule has 1 aliphatic rings. The highest BCUT2D eigenvalue weighted by molar-refractivity contribution is 7.09. The minimum Gasteiger partial charge on any atom is -0.347 e. The van der Waals surface area contributed by atoms with Gasteiger partial charge in [0.2, 0.25) is 11.7 Å². The first-order valence-electron chi connectivity index (χ1n) is 8.74. The fourth-order valence-corrected chi connectivity index (χ4v) is 4.33. The van der Waals surface area contributed by atoms with E-state index in [1.807, 2.05) is 6.07 Å². The molecule has 28 heavy (non-hydrogen) atoms. The maximum atomic E-state index is 13.4. The Morgan fingerprint density at radius 2 is 2.29 bits per heavy atom. The standard InChI is InChI=1S/C19H15ClFN5OS/c20-13-6-11(3-4-14(13)21)18-24-19(27-25-18)17-7-15-16(23-10-22-15)9-26(17)8-12-2-1-5-28-12/h1-6,10,17H,7-9H2,(H,22,23)/t17-/m0/s1. The molecule has 0 unspecified atom stereocenters. The number of benzene rings is 1. The number of aromatic nitrogens is 4. The molecule has 3 aromatic heterocycles. The lowest BCUT2D eigenvalue weighted by Crippen LogP contribution is -2.34. The van der Waals surface area contributed by atoms with E-state index in [1.54, 1.807) is 23.7 Å². The molecule has 1 atom stereocenters. The van der Waals surface area contributed by atoms with E-state index in [-0.39, 0.29) is 11.1 Å². The lowest BCUT2D eigenvalue weighted by atomic mass is 10.0. The molecule has 0 amide bonds. The predicted molar refractivity (Wildman–Crippen MR) is 103 cm³/mol. The fourth-order valence-electron chi connectivity index (χ4n) is 3.42. The van der Waals surface area contributed by atoms with E-state index in [4.69, 9.17) is 16.1 Å². The molecule has 5 rings (SSSR count). The van der Waals surface area contributed by atoms with Crippen molar-refractivity contribution in [1.82, 2.24) is 25.0 Å². The summed E-state index contributed by atoms with van der Waals surface area (Å²) in [5, 5.41) is 6.19. The summed E-state index contributed by atoms with van der Waals surface area (Å²) in [6.07, 6.45) is 2.39. The van der Waals surface area contributed by atoms with E-state index in [0.717, 1.165) is 24.5 Å². The average molecular weight is 416 g/mol. The second-order valence-electron chi connectivity index (χ2n) is 6.62. The summed E-state index contributed by atoms with van der Waals surface area (Å²) >= 11 is 7.60. The monoisotopic (exact) mass is 415 g/mol. The van der Waals surface area contributed by atoms with Crippen LogP contribution >= 0.6 is 22.9 Å². The third-order valence-corrected chi connectivity index (χ3v) is 5.99. The first-order chi connectivity index (χ1) is 13.7. The summed E-state index contributed by atoms with van der Waals surface area (Å²) < 4.78 is 19.0. The molecule has 4 aromatic rings. The zero-order valence-electron chi connectivity index (χ0n) is 14.6. The Kier molecular flexibility index (Phi) is 4.46. The van der Waals surface area contributed by atoms with Gasteiger partial charge in [-0.1, -0.05) is 22.8 Å². The number of hydrogen-bond acceptors (Lipinski definition) is 6. The number of imidazole rings is 1. The highest BCUT2D eigenvalue weighted by atomic mass is 35.5. The molecule has 1 aliphatic heterocycles. The van der Waals surface area contributed by atoms with E-state index in [0.29, 0.717) is 23.7 Å². The number of nitrogens with one attached hydrogen (secondary N) is 1. The lowest BCUT2D eigenvalue weighted by molar-refractivity contribution is 0.129. The molecule has 0 radical (unpaired) electrons. The van der Waals surface area contributed by atoms with Gasteiger partial charge in [-0.3, -0.25) is 4.90 Å². The van der Waals surface area contributed by atoms with Crippen LogP contribution in [0.4, 0.5) is 4.39 Å². The van der Waals surface area contributed by atoms with E-state index in [9.17, 15) is 4.39 Å². The largest absolute Gasteiger partial charge is 0.347 e. The molecular formula is C19H15ClFN5OS. The Balaban J connectivity index is 1.47. The van der Waals surface area contributed by atoms with Crippen LogP contribution in [0.2, 0.25) is 5.02 Å². The van der Waals surface area contributed by atoms with Gasteiger partial charge >= 0.3 is 0 Å². The molecule has 0 saturated carbocycles. The number of hydrogen-bond donors (Lipinski definition) is 1. The smallest absolute Gasteiger partial charge is 0.244 e. The maximum absolute atomic E-state index is 13.4. The molecule has 0 saturated heterocycles. The summed E-state index contributed by atoms with van der Waals surface area (Å²) in [5.41, 5.74) is 2.73. The predicted octanol–water partition coefficient (Wildman–Crippen LogP) is 4.61. The molecule has 4 heterocycles. The Bertz CT molecular complexity index is 1110. The Labute approximate surface area is 169 Å². The van der Waals surface area contributed by atoms with Crippen LogP contribution in [-0.4, -0.2) is 25.0 Å². The average Bonchev–Trinajstić information content (AvgIpc) is 3.44. The second-order valence-corrected chi connectivity index (χ2v) is 8.06. The number of rotatable bonds is 4. The van der Waals surface area contributed by atoms with Gasteiger partial charge in [-0.25, -0.2) is 9.37 Å². The minimum absolute atomic E-state index is 0.0296. The third kappa shape index (κ3) is 3.23. The quantitative estimate of drug-likeness (QED) is 0.527. The van der Waals surface area contributed by atoms with Gasteiger partial charge in [0.1, 0.15) is 5.82 Å². The minimum atomic E-state index is -0.477. The van der Waals surface area contributed by atoms with E-state index < -0.39 is 5.82 Å². The van der Waals surface area contributed by atoms with Crippen LogP contribution in [0.25, 0.3) is 11.4 Å². The van der Waals surface area contributed by atoms with Gasteiger partial charge in [0.15, 0.2) is 0 Å². The molecule has 0 aliphatic carbocycles. The van der Waals surface area contributed by atoms with Crippen molar-refractivity contribution in [2.24, 2.45) is 0 Å². The molecule has 6 nitrogen and oxygen atoms in total. The SMILES string of the molecule is Fc1ccc(-c2noc([C@@H]3Cc4nc[nH]c4CN3Cc3cccs3)n2)cc1Cl. The zero-order chi connectivity index (χ0) is 19.1. The number of fused-ring (bicyclic) bond motifs is 1. The van der Waals surface area contributed by atoms with Crippen molar-refractivity contribution in [1.29, 1.82) is 0 Å². The summed E-state index contributed by atoms with van der Waals surface area (Å²) in [4.78, 5) is 15.8. The van der Waals surface area contributed by atoms with Gasteiger partial charge in [0.05, 0.1) is 28.8 Å². The highest BCUT2D eigenvalue weighted by Crippen LogP contribution is 2.34. The van der Waals surface area contributed by atoms with E-state index in [2.05, 4.69) is 36.5 Å². The number of halogens is 2. The molecule has 0 fully saturated rings. The van der Waals surface area contributed by atoms with Gasteiger partial charge in [-0.05, 0) is 29.6 Å². The van der Waals surface area contributed by atoms with Crippen molar-refractivity contribution in [2.75, 3.05) is 0 Å². The second kappa shape index (κ2) is 7.12. The zero-order valence-corrected chi connectivity index (χ0v) is 16.2. The van der Waals surface area contributed by atoms with Crippen molar-refractivity contribution >= 4 is 22.9 Å². The van der Waals surface area contributed by atoms with Gasteiger partial charge in [0.25, 0.3) is 0 Å². The van der Waals surface area contributed by atoms with Gasteiger partial charge in [-0.15, -0.1) is 11.3 Å². The Hall–Kier alpha value is -2.55. The van der Waals surface area contributed by atoms with Gasteiger partial charge in [-0.2, -0.15) is 4.98 Å². The first-order valence-corrected chi connectivity index (χ1v) is 10.00. The molecule has 0 spiro atoms. The van der Waals surface area contributed by atoms with Crippen LogP contribution in [-0.2, 0) is 19.5 Å². The van der Waals surface area contributed by atoms with E-state index in [1.165, 1.54) is 17.0 Å². The number of H-pyrrole nitrogens is 1. The third-order valence-electron chi connectivity index (χ3n) is 4.84. The summed E-state index contributed by atoms with van der Waals surface area (Å²) in [6, 6.07) is 8.46. The van der Waals surface area contributed by atoms with Crippen LogP contribution in [0.1, 0.15) is 28.2 Å². The van der Waals surface area contributed by atoms with Crippen LogP contribution in [0.5, 0.6) is 0 Å². The van der Waals surface area contributed by atoms with Crippen LogP contribution in [0, 0.1) is 5.82 Å². The normalized spacial score (nSPS) is 17.0. The van der Waals surface area contributed by atoms with Crippen LogP contribution in [0.15, 0.2) is 46.6 Å². The van der Waals surface area contributed by atoms with Gasteiger partial charge in [0, 0.05) is 30.0 Å². The number of nitrogens with zero attached hydrogens (tertiary/aromatic N) is 4. The summed E-state index contributed by atoms with van der Waals surface area (Å²) in [6.45, 7) is 1.50. The van der Waals surface area contributed by atoms with E-state index >= 15 is 0 Å². The topological polar surface area (TPSA) is 70.8 Å². The highest BCUT2D eigenvalue weighted by Gasteiger charge is 2.33. The molecule has 1 N–H and O–H groups in total. The maximum Gasteiger partial charge on any atom is 0.244 e. The Morgan fingerprint density at radius 1 is 1.36 bits per heavy atom. The van der Waals surface area contributed by atoms with Crippen molar-refractivity contribution in [2.45, 2.75) is 25.6 Å². The summed E-state index contributed by atoms with van der Waals surface area (Å²) in [5.74, 6) is 0.427. The van der Waals surface area contributed by atoms with Crippen LogP contribution in [0.3, 0.4) is 0 Å².